The van der Waals surface area contributed by atoms with E-state index in [-0.39, 0.29) is 29.6 Å². The molecule has 0 amide bonds. The number of pyridine rings is 1. The molecule has 180 valence electrons. The number of benzene rings is 1. The molecule has 1 atom stereocenters. The average molecular weight is 465 g/mol. The third kappa shape index (κ3) is 5.96. The number of aliphatic carboxylic acids is 1. The Morgan fingerprint density at radius 1 is 1.15 bits per heavy atom. The number of piperidine rings is 1. The number of carboxylic acids is 1. The minimum Gasteiger partial charge on any atom is -0.490 e. The molecule has 0 radical (unpaired) electrons. The number of nitrogens with zero attached hydrogens (tertiary/aromatic N) is 2. The second kappa shape index (κ2) is 9.87. The van der Waals surface area contributed by atoms with Gasteiger partial charge in [-0.05, 0) is 75.1 Å². The summed E-state index contributed by atoms with van der Waals surface area (Å²) >= 11 is 0. The number of carbonyl (C=O) groups is 1. The summed E-state index contributed by atoms with van der Waals surface area (Å²) in [4.78, 5) is 17.7. The topological polar surface area (TPSA) is 62.7 Å². The van der Waals surface area contributed by atoms with Gasteiger partial charge in [0.2, 0.25) is 0 Å². The molecule has 1 N–H and O–H groups in total. The predicted octanol–water partition coefficient (Wildman–Crippen LogP) is 5.90. The number of fused-ring (bicyclic) bond motifs is 1. The molecule has 33 heavy (non-hydrogen) atoms. The van der Waals surface area contributed by atoms with Crippen LogP contribution in [0.15, 0.2) is 24.3 Å². The molecule has 1 saturated heterocycles. The second-order valence-corrected chi connectivity index (χ2v) is 9.65. The van der Waals surface area contributed by atoms with Gasteiger partial charge in [0.05, 0.1) is 17.3 Å². The third-order valence-electron chi connectivity index (χ3n) is 6.88. The minimum absolute atomic E-state index is 0.0512. The molecule has 2 heterocycles. The first kappa shape index (κ1) is 23.8. The van der Waals surface area contributed by atoms with E-state index in [0.29, 0.717) is 30.2 Å². The average Bonchev–Trinajstić information content (AvgIpc) is 2.74. The number of carboxylic acid groups (broad SMARTS) is 1. The van der Waals surface area contributed by atoms with E-state index < -0.39 is 17.7 Å². The Hall–Kier alpha value is -2.35. The first-order valence-electron chi connectivity index (χ1n) is 11.8. The van der Waals surface area contributed by atoms with Crippen LogP contribution in [-0.4, -0.2) is 40.2 Å². The molecule has 2 aromatic rings. The Morgan fingerprint density at radius 3 is 2.61 bits per heavy atom. The Kier molecular flexibility index (Phi) is 7.12. The van der Waals surface area contributed by atoms with Crippen LogP contribution in [0.4, 0.5) is 13.2 Å². The summed E-state index contributed by atoms with van der Waals surface area (Å²) in [5.41, 5.74) is 0.224. The van der Waals surface area contributed by atoms with Crippen molar-refractivity contribution in [2.24, 2.45) is 11.8 Å². The lowest BCUT2D eigenvalue weighted by Gasteiger charge is -2.31. The largest absolute Gasteiger partial charge is 0.490 e. The fourth-order valence-corrected chi connectivity index (χ4v) is 5.17. The van der Waals surface area contributed by atoms with Gasteiger partial charge in [-0.1, -0.05) is 13.0 Å². The smallest absolute Gasteiger partial charge is 0.420 e. The van der Waals surface area contributed by atoms with Crippen molar-refractivity contribution in [3.05, 3.63) is 35.5 Å². The van der Waals surface area contributed by atoms with E-state index in [1.54, 1.807) is 12.1 Å². The van der Waals surface area contributed by atoms with E-state index in [1.807, 2.05) is 0 Å². The maximum absolute atomic E-state index is 14.1. The Balaban J connectivity index is 1.55. The van der Waals surface area contributed by atoms with Crippen molar-refractivity contribution in [3.63, 3.8) is 0 Å². The summed E-state index contributed by atoms with van der Waals surface area (Å²) in [6.45, 7) is 4.14. The number of alkyl halides is 3. The van der Waals surface area contributed by atoms with Crippen LogP contribution in [0.3, 0.4) is 0 Å². The van der Waals surface area contributed by atoms with Crippen LogP contribution in [0.1, 0.15) is 63.1 Å². The van der Waals surface area contributed by atoms with Gasteiger partial charge in [-0.2, -0.15) is 13.2 Å². The first-order valence-corrected chi connectivity index (χ1v) is 11.8. The van der Waals surface area contributed by atoms with Crippen molar-refractivity contribution in [2.45, 2.75) is 70.7 Å². The van der Waals surface area contributed by atoms with Gasteiger partial charge >= 0.3 is 12.1 Å². The van der Waals surface area contributed by atoms with Crippen LogP contribution in [0.5, 0.6) is 5.75 Å². The van der Waals surface area contributed by atoms with Crippen LogP contribution in [-0.2, 0) is 17.5 Å². The zero-order chi connectivity index (χ0) is 23.6. The summed E-state index contributed by atoms with van der Waals surface area (Å²) in [7, 11) is 0. The van der Waals surface area contributed by atoms with Crippen molar-refractivity contribution in [1.82, 2.24) is 9.88 Å². The third-order valence-corrected chi connectivity index (χ3v) is 6.88. The molecule has 1 saturated carbocycles. The van der Waals surface area contributed by atoms with E-state index in [0.717, 1.165) is 45.1 Å². The number of hydrogen-bond donors (Lipinski definition) is 1. The number of aromatic nitrogens is 1. The molecule has 2 aliphatic rings. The van der Waals surface area contributed by atoms with Crippen molar-refractivity contribution >= 4 is 16.9 Å². The molecular weight excluding hydrogens is 433 g/mol. The molecule has 4 rings (SSSR count). The SMILES string of the molecule is C[C@H]1CC[C@@H](Oc2ccc3nc(CN4CCC[C@H](CC(=O)O)C4)ccc3c2C(F)(F)F)CC1. The van der Waals surface area contributed by atoms with E-state index in [9.17, 15) is 18.0 Å². The summed E-state index contributed by atoms with van der Waals surface area (Å²) < 4.78 is 48.0. The number of ether oxygens (including phenoxy) is 1. The van der Waals surface area contributed by atoms with E-state index >= 15 is 0 Å². The van der Waals surface area contributed by atoms with Gasteiger partial charge in [-0.25, -0.2) is 0 Å². The molecule has 1 aromatic carbocycles. The van der Waals surface area contributed by atoms with Gasteiger partial charge in [0.15, 0.2) is 0 Å². The number of rotatable bonds is 6. The molecule has 1 aliphatic carbocycles. The van der Waals surface area contributed by atoms with Gasteiger partial charge in [0.25, 0.3) is 0 Å². The van der Waals surface area contributed by atoms with Gasteiger partial charge in [0, 0.05) is 24.9 Å². The Bertz CT molecular complexity index is 987. The van der Waals surface area contributed by atoms with Gasteiger partial charge in [0.1, 0.15) is 11.3 Å². The zero-order valence-electron chi connectivity index (χ0n) is 18.9. The van der Waals surface area contributed by atoms with Gasteiger partial charge < -0.3 is 9.84 Å². The lowest BCUT2D eigenvalue weighted by atomic mass is 9.89. The number of likely N-dealkylation sites (tertiary alicyclic amines) is 1. The van der Waals surface area contributed by atoms with E-state index in [2.05, 4.69) is 16.8 Å². The predicted molar refractivity (Wildman–Crippen MR) is 119 cm³/mol. The van der Waals surface area contributed by atoms with Crippen LogP contribution >= 0.6 is 0 Å². The molecule has 0 unspecified atom stereocenters. The lowest BCUT2D eigenvalue weighted by Crippen LogP contribution is -2.36. The lowest BCUT2D eigenvalue weighted by molar-refractivity contribution is -0.139. The highest BCUT2D eigenvalue weighted by atomic mass is 19.4. The molecule has 5 nitrogen and oxygen atoms in total. The maximum atomic E-state index is 14.1. The highest BCUT2D eigenvalue weighted by molar-refractivity contribution is 5.85. The van der Waals surface area contributed by atoms with Crippen molar-refractivity contribution in [1.29, 1.82) is 0 Å². The van der Waals surface area contributed by atoms with Crippen LogP contribution in [0.2, 0.25) is 0 Å². The van der Waals surface area contributed by atoms with Gasteiger partial charge in [-0.3, -0.25) is 14.7 Å². The quantitative estimate of drug-likeness (QED) is 0.577. The summed E-state index contributed by atoms with van der Waals surface area (Å²) in [6, 6.07) is 6.15. The summed E-state index contributed by atoms with van der Waals surface area (Å²) in [5, 5.41) is 9.11. The molecule has 1 aromatic heterocycles. The molecule has 0 bridgehead atoms. The van der Waals surface area contributed by atoms with Crippen LogP contribution < -0.4 is 4.74 Å². The number of hydrogen-bond acceptors (Lipinski definition) is 4. The molecular formula is C25H31F3N2O3. The highest BCUT2D eigenvalue weighted by Crippen LogP contribution is 2.42. The molecule has 1 aliphatic heterocycles. The fourth-order valence-electron chi connectivity index (χ4n) is 5.17. The first-order chi connectivity index (χ1) is 15.7. The number of halogens is 3. The maximum Gasteiger partial charge on any atom is 0.420 e. The van der Waals surface area contributed by atoms with Gasteiger partial charge in [-0.15, -0.1) is 0 Å². The van der Waals surface area contributed by atoms with E-state index in [4.69, 9.17) is 9.84 Å². The molecule has 8 heteroatoms. The van der Waals surface area contributed by atoms with Crippen LogP contribution in [0.25, 0.3) is 10.9 Å². The normalized spacial score (nSPS) is 24.7. The van der Waals surface area contributed by atoms with Crippen molar-refractivity contribution in [2.75, 3.05) is 13.1 Å². The summed E-state index contributed by atoms with van der Waals surface area (Å²) in [5.74, 6) is -0.232. The monoisotopic (exact) mass is 464 g/mol. The van der Waals surface area contributed by atoms with Crippen molar-refractivity contribution in [3.8, 4) is 5.75 Å². The Morgan fingerprint density at radius 2 is 1.91 bits per heavy atom. The minimum atomic E-state index is -4.54. The molecule has 2 fully saturated rings. The highest BCUT2D eigenvalue weighted by Gasteiger charge is 2.37. The zero-order valence-corrected chi connectivity index (χ0v) is 18.9. The van der Waals surface area contributed by atoms with Crippen LogP contribution in [0, 0.1) is 11.8 Å². The standard InChI is InChI=1S/C25H31F3N2O3/c1-16-4-7-19(8-5-16)33-22-11-10-21-20(24(22)25(26,27)28)9-6-18(29-21)15-30-12-2-3-17(14-30)13-23(31)32/h6,9-11,16-17,19H,2-5,7-8,12-15H2,1H3,(H,31,32)/t16-,17-,19+/m1/s1. The fraction of sp³-hybridized carbons (Fsp3) is 0.600. The Labute approximate surface area is 191 Å². The van der Waals surface area contributed by atoms with E-state index in [1.165, 1.54) is 12.1 Å². The summed E-state index contributed by atoms with van der Waals surface area (Å²) in [6.07, 6.45) is 0.665. The van der Waals surface area contributed by atoms with Crippen molar-refractivity contribution < 1.29 is 27.8 Å². The molecule has 0 spiro atoms. The second-order valence-electron chi connectivity index (χ2n) is 9.65.